The first kappa shape index (κ1) is 12.0. The van der Waals surface area contributed by atoms with Gasteiger partial charge >= 0.3 is 0 Å². The van der Waals surface area contributed by atoms with Crippen molar-refractivity contribution in [1.82, 2.24) is 5.32 Å². The minimum atomic E-state index is 0.580. The maximum absolute atomic E-state index is 3.40. The van der Waals surface area contributed by atoms with Gasteiger partial charge in [0.2, 0.25) is 0 Å². The molecule has 0 aliphatic heterocycles. The van der Waals surface area contributed by atoms with Crippen molar-refractivity contribution in [3.63, 3.8) is 0 Å². The van der Waals surface area contributed by atoms with Crippen LogP contribution in [0.3, 0.4) is 0 Å². The summed E-state index contributed by atoms with van der Waals surface area (Å²) >= 11 is 0. The van der Waals surface area contributed by atoms with Crippen molar-refractivity contribution in [3.05, 3.63) is 41.5 Å². The number of hydrogen-bond donors (Lipinski definition) is 1. The molecule has 1 aromatic rings. The quantitative estimate of drug-likeness (QED) is 0.723. The first-order valence-corrected chi connectivity index (χ1v) is 5.65. The van der Waals surface area contributed by atoms with Crippen LogP contribution < -0.4 is 5.32 Å². The van der Waals surface area contributed by atoms with E-state index in [9.17, 15) is 0 Å². The summed E-state index contributed by atoms with van der Waals surface area (Å²) in [5, 5.41) is 3.40. The van der Waals surface area contributed by atoms with Crippen LogP contribution >= 0.6 is 0 Å². The molecule has 0 atom stereocenters. The molecule has 0 aliphatic carbocycles. The fourth-order valence-electron chi connectivity index (χ4n) is 1.44. The van der Waals surface area contributed by atoms with E-state index in [2.05, 4.69) is 62.5 Å². The molecule has 1 N–H and O–H groups in total. The fourth-order valence-corrected chi connectivity index (χ4v) is 1.44. The predicted molar refractivity (Wildman–Crippen MR) is 68.0 cm³/mol. The SMILES string of the molecule is Cc1ccccc1C=CCCNC(C)C. The van der Waals surface area contributed by atoms with Crippen LogP contribution in [0.5, 0.6) is 0 Å². The zero-order chi connectivity index (χ0) is 11.1. The van der Waals surface area contributed by atoms with Gasteiger partial charge in [0.15, 0.2) is 0 Å². The van der Waals surface area contributed by atoms with Gasteiger partial charge in [0, 0.05) is 6.04 Å². The molecule has 15 heavy (non-hydrogen) atoms. The van der Waals surface area contributed by atoms with Crippen molar-refractivity contribution in [2.75, 3.05) is 6.54 Å². The van der Waals surface area contributed by atoms with E-state index < -0.39 is 0 Å². The monoisotopic (exact) mass is 203 g/mol. The third kappa shape index (κ3) is 4.80. The summed E-state index contributed by atoms with van der Waals surface area (Å²) in [5.41, 5.74) is 2.66. The molecule has 82 valence electrons. The summed E-state index contributed by atoms with van der Waals surface area (Å²) < 4.78 is 0. The Bertz CT molecular complexity index is 313. The zero-order valence-corrected chi connectivity index (χ0v) is 9.96. The van der Waals surface area contributed by atoms with Gasteiger partial charge in [-0.2, -0.15) is 0 Å². The van der Waals surface area contributed by atoms with Gasteiger partial charge in [0.1, 0.15) is 0 Å². The Morgan fingerprint density at radius 2 is 2.00 bits per heavy atom. The average molecular weight is 203 g/mol. The van der Waals surface area contributed by atoms with E-state index in [0.717, 1.165) is 13.0 Å². The van der Waals surface area contributed by atoms with Crippen LogP contribution in [0.15, 0.2) is 30.3 Å². The van der Waals surface area contributed by atoms with E-state index in [1.54, 1.807) is 0 Å². The van der Waals surface area contributed by atoms with Gasteiger partial charge in [0.05, 0.1) is 0 Å². The van der Waals surface area contributed by atoms with E-state index in [1.807, 2.05) is 0 Å². The normalized spacial score (nSPS) is 11.5. The van der Waals surface area contributed by atoms with Crippen LogP contribution in [0.2, 0.25) is 0 Å². The van der Waals surface area contributed by atoms with Crippen LogP contribution in [0.25, 0.3) is 6.08 Å². The standard InChI is InChI=1S/C14H21N/c1-12(2)15-11-7-6-10-14-9-5-4-8-13(14)3/h4-6,8-10,12,15H,7,11H2,1-3H3. The van der Waals surface area contributed by atoms with Crippen LogP contribution in [-0.2, 0) is 0 Å². The van der Waals surface area contributed by atoms with Gasteiger partial charge in [-0.3, -0.25) is 0 Å². The highest BCUT2D eigenvalue weighted by atomic mass is 14.9. The molecule has 0 unspecified atom stereocenters. The highest BCUT2D eigenvalue weighted by molar-refractivity contribution is 5.53. The van der Waals surface area contributed by atoms with Crippen LogP contribution in [0, 0.1) is 6.92 Å². The Balaban J connectivity index is 2.35. The smallest absolute Gasteiger partial charge is 0.00105 e. The molecule has 1 heteroatoms. The second-order valence-corrected chi connectivity index (χ2v) is 4.16. The molecule has 0 fully saturated rings. The lowest BCUT2D eigenvalue weighted by Gasteiger charge is -2.05. The Morgan fingerprint density at radius 3 is 2.67 bits per heavy atom. The molecule has 0 heterocycles. The van der Waals surface area contributed by atoms with Crippen molar-refractivity contribution in [1.29, 1.82) is 0 Å². The molecule has 0 amide bonds. The summed E-state index contributed by atoms with van der Waals surface area (Å²) in [6.45, 7) is 7.54. The van der Waals surface area contributed by atoms with E-state index in [1.165, 1.54) is 11.1 Å². The van der Waals surface area contributed by atoms with Gasteiger partial charge in [-0.1, -0.05) is 50.3 Å². The van der Waals surface area contributed by atoms with E-state index in [0.29, 0.717) is 6.04 Å². The van der Waals surface area contributed by atoms with Crippen molar-refractivity contribution in [3.8, 4) is 0 Å². The van der Waals surface area contributed by atoms with Crippen LogP contribution in [0.4, 0.5) is 0 Å². The van der Waals surface area contributed by atoms with E-state index in [-0.39, 0.29) is 0 Å². The number of hydrogen-bond acceptors (Lipinski definition) is 1. The molecule has 1 rings (SSSR count). The predicted octanol–water partition coefficient (Wildman–Crippen LogP) is 3.40. The number of aryl methyl sites for hydroxylation is 1. The third-order valence-electron chi connectivity index (χ3n) is 2.35. The number of nitrogens with one attached hydrogen (secondary N) is 1. The molecule has 0 aliphatic rings. The van der Waals surface area contributed by atoms with Gasteiger partial charge in [-0.15, -0.1) is 0 Å². The summed E-state index contributed by atoms with van der Waals surface area (Å²) in [5.74, 6) is 0. The Labute approximate surface area is 93.2 Å². The van der Waals surface area contributed by atoms with E-state index in [4.69, 9.17) is 0 Å². The van der Waals surface area contributed by atoms with E-state index >= 15 is 0 Å². The van der Waals surface area contributed by atoms with Gasteiger partial charge in [-0.05, 0) is 31.0 Å². The van der Waals surface area contributed by atoms with Gasteiger partial charge in [0.25, 0.3) is 0 Å². The molecule has 0 radical (unpaired) electrons. The highest BCUT2D eigenvalue weighted by Crippen LogP contribution is 2.08. The van der Waals surface area contributed by atoms with Gasteiger partial charge < -0.3 is 5.32 Å². The summed E-state index contributed by atoms with van der Waals surface area (Å²) in [6, 6.07) is 9.04. The molecule has 0 aromatic heterocycles. The summed E-state index contributed by atoms with van der Waals surface area (Å²) in [6.07, 6.45) is 5.53. The molecule has 0 saturated carbocycles. The van der Waals surface area contributed by atoms with Crippen LogP contribution in [0.1, 0.15) is 31.4 Å². The molecule has 0 spiro atoms. The fraction of sp³-hybridized carbons (Fsp3) is 0.429. The molecule has 0 bridgehead atoms. The summed E-state index contributed by atoms with van der Waals surface area (Å²) in [7, 11) is 0. The number of benzene rings is 1. The van der Waals surface area contributed by atoms with Crippen molar-refractivity contribution < 1.29 is 0 Å². The zero-order valence-electron chi connectivity index (χ0n) is 9.96. The molecular formula is C14H21N. The molecule has 0 saturated heterocycles. The molecular weight excluding hydrogens is 182 g/mol. The molecule has 1 nitrogen and oxygen atoms in total. The van der Waals surface area contributed by atoms with Crippen molar-refractivity contribution in [2.24, 2.45) is 0 Å². The maximum atomic E-state index is 3.40. The van der Waals surface area contributed by atoms with Gasteiger partial charge in [-0.25, -0.2) is 0 Å². The first-order valence-electron chi connectivity index (χ1n) is 5.65. The second-order valence-electron chi connectivity index (χ2n) is 4.16. The third-order valence-corrected chi connectivity index (χ3v) is 2.35. The topological polar surface area (TPSA) is 12.0 Å². The maximum Gasteiger partial charge on any atom is 0.00105 e. The minimum absolute atomic E-state index is 0.580. The number of rotatable bonds is 5. The minimum Gasteiger partial charge on any atom is -0.314 e. The highest BCUT2D eigenvalue weighted by Gasteiger charge is 1.91. The second kappa shape index (κ2) is 6.41. The largest absolute Gasteiger partial charge is 0.314 e. The van der Waals surface area contributed by atoms with Crippen molar-refractivity contribution in [2.45, 2.75) is 33.2 Å². The Kier molecular flexibility index (Phi) is 5.13. The Hall–Kier alpha value is -1.08. The first-order chi connectivity index (χ1) is 7.20. The lowest BCUT2D eigenvalue weighted by atomic mass is 10.1. The Morgan fingerprint density at radius 1 is 1.27 bits per heavy atom. The van der Waals surface area contributed by atoms with Crippen molar-refractivity contribution >= 4 is 6.08 Å². The lowest BCUT2D eigenvalue weighted by Crippen LogP contribution is -2.23. The molecule has 1 aromatic carbocycles. The average Bonchev–Trinajstić information content (AvgIpc) is 2.20. The summed E-state index contributed by atoms with van der Waals surface area (Å²) in [4.78, 5) is 0. The van der Waals surface area contributed by atoms with Crippen LogP contribution in [-0.4, -0.2) is 12.6 Å². The lowest BCUT2D eigenvalue weighted by molar-refractivity contribution is 0.595.